The third-order valence-corrected chi connectivity index (χ3v) is 5.34. The Morgan fingerprint density at radius 1 is 1.03 bits per heavy atom. The number of carbonyl (C=O) groups excluding carboxylic acids is 1. The van der Waals surface area contributed by atoms with Gasteiger partial charge in [-0.15, -0.1) is 0 Å². The molecule has 0 radical (unpaired) electrons. The molecular formula is C24H22FN5O3. The number of nitro benzene ring substituents is 1. The van der Waals surface area contributed by atoms with Crippen LogP contribution in [0.1, 0.15) is 5.56 Å². The van der Waals surface area contributed by atoms with E-state index in [1.165, 1.54) is 30.4 Å². The maximum Gasteiger partial charge on any atom is 0.269 e. The zero-order valence-electron chi connectivity index (χ0n) is 17.7. The first-order valence-corrected chi connectivity index (χ1v) is 10.4. The molecule has 33 heavy (non-hydrogen) atoms. The number of carbonyl (C=O) groups is 1. The minimum Gasteiger partial charge on any atom is -0.366 e. The van der Waals surface area contributed by atoms with E-state index in [4.69, 9.17) is 0 Å². The van der Waals surface area contributed by atoms with Crippen LogP contribution in [-0.4, -0.2) is 42.0 Å². The number of non-ortho nitro benzene ring substituents is 1. The van der Waals surface area contributed by atoms with Crippen molar-refractivity contribution in [2.45, 2.75) is 0 Å². The first kappa shape index (κ1) is 21.9. The van der Waals surface area contributed by atoms with Gasteiger partial charge < -0.3 is 15.1 Å². The zero-order valence-corrected chi connectivity index (χ0v) is 17.7. The molecule has 0 unspecified atom stereocenters. The van der Waals surface area contributed by atoms with Crippen molar-refractivity contribution in [2.75, 3.05) is 41.3 Å². The smallest absolute Gasteiger partial charge is 0.269 e. The lowest BCUT2D eigenvalue weighted by Crippen LogP contribution is -2.47. The lowest BCUT2D eigenvalue weighted by atomic mass is 10.2. The predicted molar refractivity (Wildman–Crippen MR) is 126 cm³/mol. The number of amides is 1. The van der Waals surface area contributed by atoms with Gasteiger partial charge >= 0.3 is 0 Å². The van der Waals surface area contributed by atoms with Gasteiger partial charge in [0.1, 0.15) is 11.6 Å². The van der Waals surface area contributed by atoms with Crippen molar-refractivity contribution in [3.05, 3.63) is 94.4 Å². The number of hydrogen-bond acceptors (Lipinski definition) is 6. The summed E-state index contributed by atoms with van der Waals surface area (Å²) >= 11 is 0. The number of aromatic nitrogens is 1. The molecule has 9 heteroatoms. The minimum absolute atomic E-state index is 0.0229. The van der Waals surface area contributed by atoms with Gasteiger partial charge in [-0.1, -0.05) is 6.07 Å². The molecule has 1 fully saturated rings. The summed E-state index contributed by atoms with van der Waals surface area (Å²) in [6.07, 6.45) is 4.59. The Morgan fingerprint density at radius 2 is 1.76 bits per heavy atom. The van der Waals surface area contributed by atoms with Crippen LogP contribution in [0, 0.1) is 15.9 Å². The molecule has 1 N–H and O–H groups in total. The Kier molecular flexibility index (Phi) is 6.58. The van der Waals surface area contributed by atoms with Gasteiger partial charge in [-0.2, -0.15) is 0 Å². The number of nitro groups is 1. The largest absolute Gasteiger partial charge is 0.366 e. The van der Waals surface area contributed by atoms with E-state index in [2.05, 4.69) is 15.2 Å². The van der Waals surface area contributed by atoms with Crippen molar-refractivity contribution in [2.24, 2.45) is 0 Å². The van der Waals surface area contributed by atoms with Crippen molar-refractivity contribution in [1.29, 1.82) is 0 Å². The summed E-state index contributed by atoms with van der Waals surface area (Å²) < 4.78 is 14.8. The molecule has 3 aromatic rings. The second kappa shape index (κ2) is 9.90. The summed E-state index contributed by atoms with van der Waals surface area (Å²) in [5.74, 6) is 0.0837. The van der Waals surface area contributed by atoms with Crippen LogP contribution in [0.25, 0.3) is 6.08 Å². The highest BCUT2D eigenvalue weighted by Gasteiger charge is 2.20. The number of anilines is 3. The quantitative estimate of drug-likeness (QED) is 0.347. The van der Waals surface area contributed by atoms with Crippen molar-refractivity contribution in [1.82, 2.24) is 4.98 Å². The van der Waals surface area contributed by atoms with Gasteiger partial charge in [0.15, 0.2) is 0 Å². The van der Waals surface area contributed by atoms with Gasteiger partial charge in [-0.05, 0) is 54.1 Å². The van der Waals surface area contributed by atoms with Gasteiger partial charge in [0.2, 0.25) is 5.91 Å². The molecule has 168 valence electrons. The van der Waals surface area contributed by atoms with Crippen LogP contribution in [0.15, 0.2) is 72.9 Å². The fraction of sp³-hybridized carbons (Fsp3) is 0.167. The predicted octanol–water partition coefficient (Wildman–Crippen LogP) is 4.11. The van der Waals surface area contributed by atoms with Crippen LogP contribution in [0.5, 0.6) is 0 Å². The van der Waals surface area contributed by atoms with Crippen molar-refractivity contribution in [3.63, 3.8) is 0 Å². The molecule has 1 aliphatic heterocycles. The molecule has 0 spiro atoms. The molecular weight excluding hydrogens is 425 g/mol. The monoisotopic (exact) mass is 447 g/mol. The summed E-state index contributed by atoms with van der Waals surface area (Å²) in [6, 6.07) is 16.2. The normalized spacial score (nSPS) is 13.8. The highest BCUT2D eigenvalue weighted by atomic mass is 19.1. The molecule has 0 aliphatic carbocycles. The van der Waals surface area contributed by atoms with Crippen LogP contribution in [0.4, 0.5) is 27.3 Å². The molecule has 1 amide bonds. The minimum atomic E-state index is -0.487. The summed E-state index contributed by atoms with van der Waals surface area (Å²) in [6.45, 7) is 2.80. The molecule has 2 heterocycles. The van der Waals surface area contributed by atoms with Crippen LogP contribution in [-0.2, 0) is 4.79 Å². The topological polar surface area (TPSA) is 91.6 Å². The van der Waals surface area contributed by atoms with E-state index in [9.17, 15) is 19.3 Å². The average Bonchev–Trinajstić information content (AvgIpc) is 2.84. The molecule has 0 bridgehead atoms. The van der Waals surface area contributed by atoms with Crippen LogP contribution in [0.3, 0.4) is 0 Å². The van der Waals surface area contributed by atoms with Crippen molar-refractivity contribution >= 4 is 34.9 Å². The summed E-state index contributed by atoms with van der Waals surface area (Å²) in [7, 11) is 0. The summed E-state index contributed by atoms with van der Waals surface area (Å²) in [4.78, 5) is 30.9. The lowest BCUT2D eigenvalue weighted by Gasteiger charge is -2.36. The fourth-order valence-electron chi connectivity index (χ4n) is 3.62. The van der Waals surface area contributed by atoms with Crippen LogP contribution in [0.2, 0.25) is 0 Å². The molecule has 0 saturated carbocycles. The number of nitrogens with one attached hydrogen (secondary N) is 1. The van der Waals surface area contributed by atoms with E-state index < -0.39 is 16.6 Å². The number of piperazine rings is 1. The summed E-state index contributed by atoms with van der Waals surface area (Å²) in [5.41, 5.74) is 1.46. The van der Waals surface area contributed by atoms with Gasteiger partial charge in [0.05, 0.1) is 10.6 Å². The Hall–Kier alpha value is -4.27. The maximum absolute atomic E-state index is 14.8. The van der Waals surface area contributed by atoms with Crippen molar-refractivity contribution < 1.29 is 14.1 Å². The lowest BCUT2D eigenvalue weighted by molar-refractivity contribution is -0.384. The van der Waals surface area contributed by atoms with Crippen molar-refractivity contribution in [3.8, 4) is 0 Å². The molecule has 1 saturated heterocycles. The van der Waals surface area contributed by atoms with E-state index in [-0.39, 0.29) is 5.69 Å². The first-order chi connectivity index (χ1) is 16.0. The number of hydrogen-bond donors (Lipinski definition) is 1. The standard InChI is InChI=1S/C24H22FN5O3/c25-21-17-19(27-24(31)11-6-18-4-8-20(9-5-18)30(32)33)7-10-22(21)28-13-15-29(16-14-28)23-3-1-2-12-26-23/h1-12,17H,13-16H2,(H,27,31)/b11-6+. The third-order valence-electron chi connectivity index (χ3n) is 5.34. The van der Waals surface area contributed by atoms with Crippen LogP contribution < -0.4 is 15.1 Å². The van der Waals surface area contributed by atoms with E-state index in [1.807, 2.05) is 23.1 Å². The SMILES string of the molecule is O=C(/C=C/c1ccc([N+](=O)[O-])cc1)Nc1ccc(N2CCN(c3ccccn3)CC2)c(F)c1. The number of rotatable bonds is 6. The Bertz CT molecular complexity index is 1160. The van der Waals surface area contributed by atoms with Gasteiger partial charge in [-0.3, -0.25) is 14.9 Å². The number of nitrogens with zero attached hydrogens (tertiary/aromatic N) is 4. The second-order valence-electron chi connectivity index (χ2n) is 7.50. The van der Waals surface area contributed by atoms with Crippen LogP contribution >= 0.6 is 0 Å². The highest BCUT2D eigenvalue weighted by Crippen LogP contribution is 2.25. The number of halogens is 1. The third kappa shape index (κ3) is 5.51. The molecule has 8 nitrogen and oxygen atoms in total. The zero-order chi connectivity index (χ0) is 23.2. The van der Waals surface area contributed by atoms with Gasteiger partial charge in [0.25, 0.3) is 5.69 Å². The molecule has 1 aromatic heterocycles. The second-order valence-corrected chi connectivity index (χ2v) is 7.50. The first-order valence-electron chi connectivity index (χ1n) is 10.4. The van der Waals surface area contributed by atoms with E-state index >= 15 is 0 Å². The average molecular weight is 447 g/mol. The highest BCUT2D eigenvalue weighted by molar-refractivity contribution is 6.02. The summed E-state index contributed by atoms with van der Waals surface area (Å²) in [5, 5.41) is 13.3. The van der Waals surface area contributed by atoms with Gasteiger partial charge in [0, 0.05) is 56.3 Å². The molecule has 1 aliphatic rings. The molecule has 4 rings (SSSR count). The Morgan fingerprint density at radius 3 is 2.39 bits per heavy atom. The van der Waals surface area contributed by atoms with E-state index in [0.717, 1.165) is 18.9 Å². The van der Waals surface area contributed by atoms with E-state index in [0.29, 0.717) is 30.0 Å². The molecule has 0 atom stereocenters. The number of pyridine rings is 1. The van der Waals surface area contributed by atoms with Gasteiger partial charge in [-0.25, -0.2) is 9.37 Å². The fourth-order valence-corrected chi connectivity index (χ4v) is 3.62. The number of benzene rings is 2. The Labute approximate surface area is 190 Å². The Balaban J connectivity index is 1.33. The molecule has 2 aromatic carbocycles. The maximum atomic E-state index is 14.8. The van der Waals surface area contributed by atoms with E-state index in [1.54, 1.807) is 30.5 Å².